The van der Waals surface area contributed by atoms with Crippen molar-refractivity contribution in [1.29, 1.82) is 0 Å². The van der Waals surface area contributed by atoms with Crippen molar-refractivity contribution in [2.24, 2.45) is 11.8 Å². The number of Topliss-reactive ketones (excluding diaryl/α,β-unsaturated/α-hetero) is 1. The van der Waals surface area contributed by atoms with E-state index >= 15 is 0 Å². The number of rotatable bonds is 1. The van der Waals surface area contributed by atoms with Crippen molar-refractivity contribution in [3.63, 3.8) is 0 Å². The Kier molecular flexibility index (Phi) is 3.05. The molecular weight excluding hydrogens is 304 g/mol. The molecule has 0 spiro atoms. The highest BCUT2D eigenvalue weighted by molar-refractivity contribution is 9.10. The third kappa shape index (κ3) is 1.86. The molecule has 3 rings (SSSR count). The van der Waals surface area contributed by atoms with E-state index in [1.165, 1.54) is 0 Å². The van der Waals surface area contributed by atoms with E-state index in [1.54, 1.807) is 0 Å². The molecule has 3 heteroatoms. The number of aliphatic hydroxyl groups excluding tert-OH is 1. The number of carbonyl (C=O) groups excluding carboxylic acids is 1. The van der Waals surface area contributed by atoms with Crippen LogP contribution >= 0.6 is 15.9 Å². The summed E-state index contributed by atoms with van der Waals surface area (Å²) in [5, 5.41) is 10.4. The summed E-state index contributed by atoms with van der Waals surface area (Å²) in [6, 6.07) is 4.01. The van der Waals surface area contributed by atoms with Crippen LogP contribution in [0.15, 0.2) is 22.4 Å². The first kappa shape index (κ1) is 12.9. The van der Waals surface area contributed by atoms with Gasteiger partial charge in [0.1, 0.15) is 5.76 Å². The van der Waals surface area contributed by atoms with E-state index in [-0.39, 0.29) is 17.6 Å². The van der Waals surface area contributed by atoms with Gasteiger partial charge in [-0.05, 0) is 55.5 Å². The van der Waals surface area contributed by atoms with Gasteiger partial charge in [-0.25, -0.2) is 0 Å². The van der Waals surface area contributed by atoms with Crippen LogP contribution in [0.5, 0.6) is 0 Å². The Labute approximate surface area is 121 Å². The smallest absolute Gasteiger partial charge is 0.170 e. The molecule has 1 aromatic rings. The molecule has 0 bridgehead atoms. The maximum atomic E-state index is 12.6. The van der Waals surface area contributed by atoms with Gasteiger partial charge < -0.3 is 5.11 Å². The summed E-state index contributed by atoms with van der Waals surface area (Å²) in [6.07, 6.45) is 2.92. The first-order valence-corrected chi connectivity index (χ1v) is 7.54. The molecule has 0 amide bonds. The molecule has 2 aliphatic rings. The predicted octanol–water partition coefficient (Wildman–Crippen LogP) is 4.33. The van der Waals surface area contributed by atoms with Crippen molar-refractivity contribution < 1.29 is 9.90 Å². The number of ketones is 1. The lowest BCUT2D eigenvalue weighted by atomic mass is 9.92. The van der Waals surface area contributed by atoms with Gasteiger partial charge in [0.05, 0.1) is 5.57 Å². The van der Waals surface area contributed by atoms with Crippen LogP contribution in [-0.2, 0) is 4.79 Å². The van der Waals surface area contributed by atoms with Gasteiger partial charge in [0.2, 0.25) is 0 Å². The number of aliphatic hydroxyl groups is 1. The fraction of sp³-hybridized carbons (Fsp3) is 0.438. The van der Waals surface area contributed by atoms with Crippen molar-refractivity contribution in [3.05, 3.63) is 39.1 Å². The minimum Gasteiger partial charge on any atom is -0.511 e. The standard InChI is InChI=1S/C16H17BrO2/c1-8-6-10(17)7-9(2)13(8)14-15(18)11-4-3-5-12(11)16(14)19/h6-7,11-12,18H,3-5H2,1-2H3. The topological polar surface area (TPSA) is 37.3 Å². The Morgan fingerprint density at radius 3 is 2.32 bits per heavy atom. The number of hydrogen-bond acceptors (Lipinski definition) is 2. The van der Waals surface area contributed by atoms with Crippen LogP contribution in [0.1, 0.15) is 36.0 Å². The van der Waals surface area contributed by atoms with E-state index in [0.29, 0.717) is 11.3 Å². The zero-order valence-electron chi connectivity index (χ0n) is 11.2. The van der Waals surface area contributed by atoms with Crippen molar-refractivity contribution in [2.45, 2.75) is 33.1 Å². The molecule has 1 aromatic carbocycles. The normalized spacial score (nSPS) is 26.2. The second-order valence-corrected chi connectivity index (χ2v) is 6.60. The Morgan fingerprint density at radius 2 is 1.74 bits per heavy atom. The number of benzene rings is 1. The molecule has 0 heterocycles. The third-order valence-electron chi connectivity index (χ3n) is 4.45. The SMILES string of the molecule is Cc1cc(Br)cc(C)c1C1=C(O)C2CCCC2C1=O. The average molecular weight is 321 g/mol. The fourth-order valence-electron chi connectivity index (χ4n) is 3.65. The lowest BCUT2D eigenvalue weighted by molar-refractivity contribution is -0.117. The second-order valence-electron chi connectivity index (χ2n) is 5.68. The van der Waals surface area contributed by atoms with Crippen LogP contribution < -0.4 is 0 Å². The molecule has 2 atom stereocenters. The second kappa shape index (κ2) is 4.48. The van der Waals surface area contributed by atoms with Crippen molar-refractivity contribution >= 4 is 27.3 Å². The maximum Gasteiger partial charge on any atom is 0.170 e. The molecule has 0 saturated heterocycles. The Hall–Kier alpha value is -1.09. The molecule has 1 N–H and O–H groups in total. The van der Waals surface area contributed by atoms with E-state index in [4.69, 9.17) is 0 Å². The summed E-state index contributed by atoms with van der Waals surface area (Å²) in [7, 11) is 0. The van der Waals surface area contributed by atoms with Crippen molar-refractivity contribution in [2.75, 3.05) is 0 Å². The van der Waals surface area contributed by atoms with Crippen LogP contribution in [0, 0.1) is 25.7 Å². The Balaban J connectivity index is 2.17. The molecular formula is C16H17BrO2. The van der Waals surface area contributed by atoms with Gasteiger partial charge in [0.15, 0.2) is 5.78 Å². The van der Waals surface area contributed by atoms with E-state index in [9.17, 15) is 9.90 Å². The first-order chi connectivity index (χ1) is 9.00. The number of hydrogen-bond donors (Lipinski definition) is 1. The molecule has 0 aromatic heterocycles. The van der Waals surface area contributed by atoms with Gasteiger partial charge in [-0.2, -0.15) is 0 Å². The van der Waals surface area contributed by atoms with E-state index in [2.05, 4.69) is 15.9 Å². The third-order valence-corrected chi connectivity index (χ3v) is 4.91. The zero-order valence-corrected chi connectivity index (χ0v) is 12.8. The van der Waals surface area contributed by atoms with Gasteiger partial charge in [-0.1, -0.05) is 22.4 Å². The van der Waals surface area contributed by atoms with Crippen LogP contribution in [0.2, 0.25) is 0 Å². The predicted molar refractivity (Wildman–Crippen MR) is 79.0 cm³/mol. The average Bonchev–Trinajstić information content (AvgIpc) is 2.87. The van der Waals surface area contributed by atoms with Crippen molar-refractivity contribution in [3.8, 4) is 0 Å². The quantitative estimate of drug-likeness (QED) is 0.836. The van der Waals surface area contributed by atoms with Crippen LogP contribution in [0.25, 0.3) is 5.57 Å². The van der Waals surface area contributed by atoms with Crippen LogP contribution in [-0.4, -0.2) is 10.9 Å². The molecule has 1 fully saturated rings. The monoisotopic (exact) mass is 320 g/mol. The lowest BCUT2D eigenvalue weighted by Crippen LogP contribution is -2.12. The largest absolute Gasteiger partial charge is 0.511 e. The lowest BCUT2D eigenvalue weighted by Gasteiger charge is -2.12. The fourth-order valence-corrected chi connectivity index (χ4v) is 4.34. The van der Waals surface area contributed by atoms with E-state index < -0.39 is 0 Å². The minimum absolute atomic E-state index is 0.0254. The number of halogens is 1. The summed E-state index contributed by atoms with van der Waals surface area (Å²) in [5.41, 5.74) is 3.60. The van der Waals surface area contributed by atoms with Crippen molar-refractivity contribution in [1.82, 2.24) is 0 Å². The summed E-state index contributed by atoms with van der Waals surface area (Å²) in [4.78, 5) is 12.6. The maximum absolute atomic E-state index is 12.6. The molecule has 2 unspecified atom stereocenters. The molecule has 2 aliphatic carbocycles. The summed E-state index contributed by atoms with van der Waals surface area (Å²) >= 11 is 3.47. The zero-order chi connectivity index (χ0) is 13.7. The van der Waals surface area contributed by atoms with E-state index in [1.807, 2.05) is 26.0 Å². The summed E-state index contributed by atoms with van der Waals surface area (Å²) in [5.74, 6) is 0.580. The number of aryl methyl sites for hydroxylation is 2. The van der Waals surface area contributed by atoms with Gasteiger partial charge in [-0.3, -0.25) is 4.79 Å². The van der Waals surface area contributed by atoms with Gasteiger partial charge in [-0.15, -0.1) is 0 Å². The molecule has 1 saturated carbocycles. The Bertz CT molecular complexity index is 578. The molecule has 0 aliphatic heterocycles. The van der Waals surface area contributed by atoms with Gasteiger partial charge >= 0.3 is 0 Å². The van der Waals surface area contributed by atoms with Gasteiger partial charge in [0, 0.05) is 16.3 Å². The van der Waals surface area contributed by atoms with E-state index in [0.717, 1.165) is 40.4 Å². The van der Waals surface area contributed by atoms with Gasteiger partial charge in [0.25, 0.3) is 0 Å². The Morgan fingerprint density at radius 1 is 1.16 bits per heavy atom. The number of carbonyl (C=O) groups is 1. The minimum atomic E-state index is 0.0254. The first-order valence-electron chi connectivity index (χ1n) is 6.75. The molecule has 19 heavy (non-hydrogen) atoms. The highest BCUT2D eigenvalue weighted by Crippen LogP contribution is 2.48. The van der Waals surface area contributed by atoms with Crippen LogP contribution in [0.3, 0.4) is 0 Å². The highest BCUT2D eigenvalue weighted by atomic mass is 79.9. The number of allylic oxidation sites excluding steroid dienone is 2. The van der Waals surface area contributed by atoms with Crippen LogP contribution in [0.4, 0.5) is 0 Å². The molecule has 2 nitrogen and oxygen atoms in total. The molecule has 100 valence electrons. The molecule has 0 radical (unpaired) electrons. The summed E-state index contributed by atoms with van der Waals surface area (Å²) in [6.45, 7) is 3.99. The number of fused-ring (bicyclic) bond motifs is 1. The summed E-state index contributed by atoms with van der Waals surface area (Å²) < 4.78 is 1.01. The highest BCUT2D eigenvalue weighted by Gasteiger charge is 2.45.